The van der Waals surface area contributed by atoms with Crippen molar-refractivity contribution >= 4 is 45.9 Å². The molecule has 3 aromatic carbocycles. The number of H-pyrrole nitrogens is 1. The third-order valence-corrected chi connectivity index (χ3v) is 6.47. The molecule has 2 amide bonds. The van der Waals surface area contributed by atoms with Crippen LogP contribution in [0, 0.1) is 5.41 Å². The second-order valence-electron chi connectivity index (χ2n) is 9.49. The van der Waals surface area contributed by atoms with Crippen LogP contribution in [0.4, 0.5) is 11.4 Å². The number of anilines is 2. The van der Waals surface area contributed by atoms with Crippen LogP contribution < -0.4 is 10.6 Å². The highest BCUT2D eigenvalue weighted by Gasteiger charge is 2.23. The van der Waals surface area contributed by atoms with E-state index in [1.54, 1.807) is 0 Å². The molecular formula is C28H29N3O2S. The molecule has 0 saturated carbocycles. The van der Waals surface area contributed by atoms with Gasteiger partial charge in [-0.15, -0.1) is 11.8 Å². The lowest BCUT2D eigenvalue weighted by molar-refractivity contribution is -0.118. The van der Waals surface area contributed by atoms with E-state index in [0.717, 1.165) is 32.7 Å². The number of aromatic nitrogens is 1. The quantitative estimate of drug-likeness (QED) is 0.254. The number of amides is 2. The smallest absolute Gasteiger partial charge is 0.242 e. The summed E-state index contributed by atoms with van der Waals surface area (Å²) in [6, 6.07) is 25.2. The third kappa shape index (κ3) is 6.29. The Balaban J connectivity index is 1.53. The molecule has 0 radical (unpaired) electrons. The number of benzene rings is 3. The van der Waals surface area contributed by atoms with Crippen LogP contribution >= 0.6 is 11.8 Å². The maximum atomic E-state index is 13.4. The first-order valence-corrected chi connectivity index (χ1v) is 12.1. The van der Waals surface area contributed by atoms with Crippen molar-refractivity contribution in [2.45, 2.75) is 37.3 Å². The van der Waals surface area contributed by atoms with Crippen molar-refractivity contribution in [2.24, 2.45) is 5.41 Å². The Morgan fingerprint density at radius 1 is 0.882 bits per heavy atom. The molecule has 0 fully saturated rings. The minimum absolute atomic E-state index is 0.0216. The lowest BCUT2D eigenvalue weighted by Gasteiger charge is -2.19. The minimum atomic E-state index is -0.457. The zero-order chi connectivity index (χ0) is 24.1. The Morgan fingerprint density at radius 2 is 1.65 bits per heavy atom. The number of carbonyl (C=O) groups excluding carboxylic acids is 2. The van der Waals surface area contributed by atoms with Gasteiger partial charge in [-0.05, 0) is 52.8 Å². The van der Waals surface area contributed by atoms with Gasteiger partial charge < -0.3 is 15.6 Å². The van der Waals surface area contributed by atoms with Gasteiger partial charge in [0.25, 0.3) is 0 Å². The average Bonchev–Trinajstić information content (AvgIpc) is 3.25. The molecule has 1 aromatic heterocycles. The summed E-state index contributed by atoms with van der Waals surface area (Å²) >= 11 is 1.46. The fourth-order valence-electron chi connectivity index (χ4n) is 3.70. The Morgan fingerprint density at radius 3 is 2.41 bits per heavy atom. The minimum Gasteiger partial charge on any atom is -0.361 e. The van der Waals surface area contributed by atoms with E-state index in [-0.39, 0.29) is 17.2 Å². The van der Waals surface area contributed by atoms with Gasteiger partial charge in [-0.1, -0.05) is 63.2 Å². The van der Waals surface area contributed by atoms with E-state index < -0.39 is 5.25 Å². The van der Waals surface area contributed by atoms with E-state index in [4.69, 9.17) is 0 Å². The zero-order valence-electron chi connectivity index (χ0n) is 19.6. The molecule has 4 aromatic rings. The maximum Gasteiger partial charge on any atom is 0.242 e. The van der Waals surface area contributed by atoms with Crippen LogP contribution in [0.25, 0.3) is 10.9 Å². The standard InChI is InChI=1S/C28H29N3O2S/c1-28(2,3)18-25(32)30-21-10-7-11-23(16-21)34-26(20-8-5-4-6-9-20)27(33)31-22-13-12-19-14-15-29-24(19)17-22/h4-17,26,29H,18H2,1-3H3,(H,30,32)(H,31,33). The molecule has 0 aliphatic heterocycles. The summed E-state index contributed by atoms with van der Waals surface area (Å²) in [7, 11) is 0. The van der Waals surface area contributed by atoms with Gasteiger partial charge in [0, 0.05) is 34.4 Å². The highest BCUT2D eigenvalue weighted by Crippen LogP contribution is 2.37. The summed E-state index contributed by atoms with van der Waals surface area (Å²) in [5.74, 6) is -0.129. The number of aromatic amines is 1. The Labute approximate surface area is 204 Å². The number of nitrogens with one attached hydrogen (secondary N) is 3. The molecule has 34 heavy (non-hydrogen) atoms. The Kier molecular flexibility index (Phi) is 7.08. The predicted molar refractivity (Wildman–Crippen MR) is 141 cm³/mol. The average molecular weight is 472 g/mol. The van der Waals surface area contributed by atoms with Gasteiger partial charge in [0.05, 0.1) is 0 Å². The van der Waals surface area contributed by atoms with Crippen molar-refractivity contribution in [3.63, 3.8) is 0 Å². The van der Waals surface area contributed by atoms with E-state index in [1.165, 1.54) is 11.8 Å². The molecule has 1 unspecified atom stereocenters. The molecule has 0 aliphatic carbocycles. The first-order valence-electron chi connectivity index (χ1n) is 11.3. The molecular weight excluding hydrogens is 442 g/mol. The van der Waals surface area contributed by atoms with Crippen molar-refractivity contribution in [3.8, 4) is 0 Å². The summed E-state index contributed by atoms with van der Waals surface area (Å²) in [6.07, 6.45) is 2.32. The van der Waals surface area contributed by atoms with Gasteiger partial charge in [-0.3, -0.25) is 9.59 Å². The highest BCUT2D eigenvalue weighted by molar-refractivity contribution is 8.00. The van der Waals surface area contributed by atoms with Gasteiger partial charge in [0.1, 0.15) is 5.25 Å². The number of fused-ring (bicyclic) bond motifs is 1. The lowest BCUT2D eigenvalue weighted by atomic mass is 9.92. The topological polar surface area (TPSA) is 74.0 Å². The SMILES string of the molecule is CC(C)(C)CC(=O)Nc1cccc(SC(C(=O)Nc2ccc3cc[nH]c3c2)c2ccccc2)c1. The van der Waals surface area contributed by atoms with Gasteiger partial charge >= 0.3 is 0 Å². The van der Waals surface area contributed by atoms with Crippen LogP contribution in [0.1, 0.15) is 38.0 Å². The van der Waals surface area contributed by atoms with Gasteiger partial charge in [0.15, 0.2) is 0 Å². The summed E-state index contributed by atoms with van der Waals surface area (Å²) in [5, 5.41) is 6.68. The van der Waals surface area contributed by atoms with Gasteiger partial charge in [-0.25, -0.2) is 0 Å². The molecule has 4 rings (SSSR count). The Hall–Kier alpha value is -3.51. The second-order valence-corrected chi connectivity index (χ2v) is 10.7. The molecule has 3 N–H and O–H groups in total. The monoisotopic (exact) mass is 471 g/mol. The number of thioether (sulfide) groups is 1. The highest BCUT2D eigenvalue weighted by atomic mass is 32.2. The molecule has 0 spiro atoms. The number of carbonyl (C=O) groups is 2. The first-order chi connectivity index (χ1) is 16.3. The van der Waals surface area contributed by atoms with Gasteiger partial charge in [-0.2, -0.15) is 0 Å². The maximum absolute atomic E-state index is 13.4. The molecule has 6 heteroatoms. The van der Waals surface area contributed by atoms with Crippen LogP contribution in [0.2, 0.25) is 0 Å². The third-order valence-electron chi connectivity index (χ3n) is 5.23. The number of rotatable bonds is 7. The lowest BCUT2D eigenvalue weighted by Crippen LogP contribution is -2.20. The fraction of sp³-hybridized carbons (Fsp3) is 0.214. The Bertz CT molecular complexity index is 1290. The van der Waals surface area contributed by atoms with Crippen LogP contribution in [0.15, 0.2) is 90.0 Å². The molecule has 5 nitrogen and oxygen atoms in total. The van der Waals surface area contributed by atoms with E-state index in [1.807, 2.05) is 106 Å². The summed E-state index contributed by atoms with van der Waals surface area (Å²) in [6.45, 7) is 6.11. The summed E-state index contributed by atoms with van der Waals surface area (Å²) in [5.41, 5.74) is 3.26. The molecule has 0 bridgehead atoms. The van der Waals surface area contributed by atoms with Crippen molar-refractivity contribution in [3.05, 3.63) is 90.6 Å². The van der Waals surface area contributed by atoms with E-state index >= 15 is 0 Å². The van der Waals surface area contributed by atoms with Gasteiger partial charge in [0.2, 0.25) is 11.8 Å². The van der Waals surface area contributed by atoms with E-state index in [9.17, 15) is 9.59 Å². The van der Waals surface area contributed by atoms with Crippen molar-refractivity contribution < 1.29 is 9.59 Å². The van der Waals surface area contributed by atoms with E-state index in [2.05, 4.69) is 15.6 Å². The van der Waals surface area contributed by atoms with Crippen molar-refractivity contribution in [1.29, 1.82) is 0 Å². The van der Waals surface area contributed by atoms with E-state index in [0.29, 0.717) is 6.42 Å². The summed E-state index contributed by atoms with van der Waals surface area (Å²) in [4.78, 5) is 29.9. The first kappa shape index (κ1) is 23.6. The molecule has 174 valence electrons. The zero-order valence-corrected chi connectivity index (χ0v) is 20.4. The number of hydrogen-bond acceptors (Lipinski definition) is 3. The number of hydrogen-bond donors (Lipinski definition) is 3. The summed E-state index contributed by atoms with van der Waals surface area (Å²) < 4.78 is 0. The molecule has 0 aliphatic rings. The molecule has 1 atom stereocenters. The van der Waals surface area contributed by atoms with Crippen molar-refractivity contribution in [1.82, 2.24) is 4.98 Å². The molecule has 1 heterocycles. The predicted octanol–water partition coefficient (Wildman–Crippen LogP) is 7.01. The fourth-order valence-corrected chi connectivity index (χ4v) is 4.79. The van der Waals surface area contributed by atoms with Crippen LogP contribution in [-0.2, 0) is 9.59 Å². The largest absolute Gasteiger partial charge is 0.361 e. The van der Waals surface area contributed by atoms with Crippen molar-refractivity contribution in [2.75, 3.05) is 10.6 Å². The second kappa shape index (κ2) is 10.2. The normalized spacial score (nSPS) is 12.3. The van der Waals surface area contributed by atoms with Crippen LogP contribution in [-0.4, -0.2) is 16.8 Å². The van der Waals surface area contributed by atoms with Crippen LogP contribution in [0.5, 0.6) is 0 Å². The van der Waals surface area contributed by atoms with Crippen LogP contribution in [0.3, 0.4) is 0 Å². The molecule has 0 saturated heterocycles.